The Balaban J connectivity index is 1.67. The molecule has 2 heterocycles. The van der Waals surface area contributed by atoms with E-state index in [1.54, 1.807) is 12.1 Å². The highest BCUT2D eigenvalue weighted by atomic mass is 16.2. The van der Waals surface area contributed by atoms with E-state index in [0.29, 0.717) is 5.82 Å². The number of carbonyl (C=O) groups excluding carboxylic acids is 2. The number of nitrogens with one attached hydrogen (secondary N) is 1. The zero-order valence-corrected chi connectivity index (χ0v) is 14.6. The summed E-state index contributed by atoms with van der Waals surface area (Å²) in [5.41, 5.74) is 9.10. The number of nitrogens with zero attached hydrogens (tertiary/aromatic N) is 3. The van der Waals surface area contributed by atoms with Gasteiger partial charge >= 0.3 is 0 Å². The molecule has 0 aliphatic rings. The second kappa shape index (κ2) is 7.18. The maximum absolute atomic E-state index is 12.2. The molecule has 0 bridgehead atoms. The number of hydrogen-bond donors (Lipinski definition) is 2. The molecule has 7 nitrogen and oxygen atoms in total. The lowest BCUT2D eigenvalue weighted by Crippen LogP contribution is -2.18. The molecule has 3 aromatic rings. The van der Waals surface area contributed by atoms with Crippen LogP contribution in [0.25, 0.3) is 5.69 Å². The third-order valence-electron chi connectivity index (χ3n) is 3.82. The average Bonchev–Trinajstić information content (AvgIpc) is 2.94. The number of aromatic nitrogens is 3. The van der Waals surface area contributed by atoms with Crippen molar-refractivity contribution < 1.29 is 9.59 Å². The Labute approximate surface area is 150 Å². The summed E-state index contributed by atoms with van der Waals surface area (Å²) in [6, 6.07) is 14.4. The van der Waals surface area contributed by atoms with Gasteiger partial charge in [0, 0.05) is 5.69 Å². The molecule has 0 fully saturated rings. The maximum Gasteiger partial charge on any atom is 0.267 e. The van der Waals surface area contributed by atoms with Crippen molar-refractivity contribution in [2.24, 2.45) is 5.73 Å². The lowest BCUT2D eigenvalue weighted by atomic mass is 10.1. The van der Waals surface area contributed by atoms with Gasteiger partial charge in [0.1, 0.15) is 11.5 Å². The number of primary amides is 1. The molecule has 0 saturated carbocycles. The lowest BCUT2D eigenvalue weighted by molar-refractivity contribution is -0.115. The molecule has 2 amide bonds. The van der Waals surface area contributed by atoms with Crippen molar-refractivity contribution in [1.82, 2.24) is 14.8 Å². The monoisotopic (exact) mass is 349 g/mol. The Kier molecular flexibility index (Phi) is 4.79. The van der Waals surface area contributed by atoms with Crippen LogP contribution >= 0.6 is 0 Å². The van der Waals surface area contributed by atoms with E-state index in [4.69, 9.17) is 5.73 Å². The predicted octanol–water partition coefficient (Wildman–Crippen LogP) is 2.16. The molecule has 2 aromatic heterocycles. The van der Waals surface area contributed by atoms with Gasteiger partial charge in [-0.15, -0.1) is 0 Å². The summed E-state index contributed by atoms with van der Waals surface area (Å²) >= 11 is 0. The summed E-state index contributed by atoms with van der Waals surface area (Å²) in [6.45, 7) is 3.94. The van der Waals surface area contributed by atoms with Crippen molar-refractivity contribution in [3.8, 4) is 5.69 Å². The minimum Gasteiger partial charge on any atom is -0.364 e. The van der Waals surface area contributed by atoms with Crippen LogP contribution in [0.1, 0.15) is 27.4 Å². The van der Waals surface area contributed by atoms with Crippen LogP contribution in [-0.2, 0) is 11.2 Å². The maximum atomic E-state index is 12.2. The molecule has 0 unspecified atom stereocenters. The summed E-state index contributed by atoms with van der Waals surface area (Å²) in [5, 5.41) is 7.11. The summed E-state index contributed by atoms with van der Waals surface area (Å²) < 4.78 is 1.86. The molecule has 0 radical (unpaired) electrons. The van der Waals surface area contributed by atoms with Crippen LogP contribution in [0.15, 0.2) is 48.5 Å². The fourth-order valence-electron chi connectivity index (χ4n) is 2.66. The van der Waals surface area contributed by atoms with E-state index >= 15 is 0 Å². The van der Waals surface area contributed by atoms with Gasteiger partial charge in [0.25, 0.3) is 5.91 Å². The van der Waals surface area contributed by atoms with Gasteiger partial charge in [0.05, 0.1) is 17.8 Å². The number of nitrogens with two attached hydrogens (primary N) is 1. The number of anilines is 1. The molecular formula is C19H19N5O2. The van der Waals surface area contributed by atoms with Gasteiger partial charge in [0.2, 0.25) is 5.91 Å². The fraction of sp³-hybridized carbons (Fsp3) is 0.158. The van der Waals surface area contributed by atoms with Gasteiger partial charge in [-0.05, 0) is 49.7 Å². The Hall–Kier alpha value is -3.48. The number of hydrogen-bond acceptors (Lipinski definition) is 4. The van der Waals surface area contributed by atoms with E-state index in [1.165, 1.54) is 6.07 Å². The molecule has 3 rings (SSSR count). The first-order valence-corrected chi connectivity index (χ1v) is 8.11. The molecule has 132 valence electrons. The summed E-state index contributed by atoms with van der Waals surface area (Å²) in [5.74, 6) is -0.565. The Morgan fingerprint density at radius 2 is 1.85 bits per heavy atom. The number of pyridine rings is 1. The van der Waals surface area contributed by atoms with Gasteiger partial charge in [-0.1, -0.05) is 18.2 Å². The van der Waals surface area contributed by atoms with Gasteiger partial charge in [-0.3, -0.25) is 9.59 Å². The Morgan fingerprint density at radius 3 is 2.46 bits per heavy atom. The summed E-state index contributed by atoms with van der Waals surface area (Å²) in [7, 11) is 0. The van der Waals surface area contributed by atoms with E-state index in [2.05, 4.69) is 15.4 Å². The van der Waals surface area contributed by atoms with Crippen molar-refractivity contribution in [3.63, 3.8) is 0 Å². The van der Waals surface area contributed by atoms with Gasteiger partial charge in [-0.25, -0.2) is 9.67 Å². The number of aryl methyl sites for hydroxylation is 2. The van der Waals surface area contributed by atoms with E-state index in [0.717, 1.165) is 22.6 Å². The highest BCUT2D eigenvalue weighted by Gasteiger charge is 2.09. The van der Waals surface area contributed by atoms with Crippen molar-refractivity contribution >= 4 is 17.6 Å². The van der Waals surface area contributed by atoms with E-state index in [9.17, 15) is 9.59 Å². The van der Waals surface area contributed by atoms with Crippen LogP contribution < -0.4 is 11.1 Å². The highest BCUT2D eigenvalue weighted by molar-refractivity contribution is 5.94. The van der Waals surface area contributed by atoms with Crippen LogP contribution in [0.5, 0.6) is 0 Å². The number of amides is 2. The molecule has 0 aliphatic carbocycles. The molecule has 26 heavy (non-hydrogen) atoms. The Morgan fingerprint density at radius 1 is 1.12 bits per heavy atom. The van der Waals surface area contributed by atoms with Crippen LogP contribution in [0.3, 0.4) is 0 Å². The summed E-state index contributed by atoms with van der Waals surface area (Å²) in [4.78, 5) is 27.3. The second-order valence-corrected chi connectivity index (χ2v) is 6.00. The SMILES string of the molecule is Cc1cc(C)n(-c2ccc(CC(=O)Nc3cccc(C(N)=O)n3)cc2)n1. The van der Waals surface area contributed by atoms with Crippen LogP contribution in [-0.4, -0.2) is 26.6 Å². The first-order valence-electron chi connectivity index (χ1n) is 8.11. The van der Waals surface area contributed by atoms with Gasteiger partial charge < -0.3 is 11.1 Å². The molecule has 0 spiro atoms. The minimum absolute atomic E-state index is 0.108. The van der Waals surface area contributed by atoms with Crippen molar-refractivity contribution in [2.75, 3.05) is 5.32 Å². The smallest absolute Gasteiger partial charge is 0.267 e. The average molecular weight is 349 g/mol. The van der Waals surface area contributed by atoms with Crippen molar-refractivity contribution in [2.45, 2.75) is 20.3 Å². The van der Waals surface area contributed by atoms with Crippen LogP contribution in [0.2, 0.25) is 0 Å². The standard InChI is InChI=1S/C19H19N5O2/c1-12-10-13(2)24(23-12)15-8-6-14(7-9-15)11-18(25)22-17-5-3-4-16(21-17)19(20)26/h3-10H,11H2,1-2H3,(H2,20,26)(H,21,22,25). The highest BCUT2D eigenvalue weighted by Crippen LogP contribution is 2.14. The summed E-state index contributed by atoms with van der Waals surface area (Å²) in [6.07, 6.45) is 0.194. The third-order valence-corrected chi connectivity index (χ3v) is 3.82. The second-order valence-electron chi connectivity index (χ2n) is 6.00. The number of benzene rings is 1. The van der Waals surface area contributed by atoms with E-state index < -0.39 is 5.91 Å². The molecule has 3 N–H and O–H groups in total. The molecule has 7 heteroatoms. The van der Waals surface area contributed by atoms with Crippen LogP contribution in [0.4, 0.5) is 5.82 Å². The quantitative estimate of drug-likeness (QED) is 0.737. The molecular weight excluding hydrogens is 330 g/mol. The molecule has 0 atom stereocenters. The molecule has 0 saturated heterocycles. The lowest BCUT2D eigenvalue weighted by Gasteiger charge is -2.07. The zero-order chi connectivity index (χ0) is 18.7. The number of carbonyl (C=O) groups is 2. The number of rotatable bonds is 5. The van der Waals surface area contributed by atoms with E-state index in [1.807, 2.05) is 48.9 Å². The first kappa shape index (κ1) is 17.3. The minimum atomic E-state index is -0.638. The van der Waals surface area contributed by atoms with E-state index in [-0.39, 0.29) is 18.0 Å². The predicted molar refractivity (Wildman–Crippen MR) is 98.1 cm³/mol. The Bertz CT molecular complexity index is 960. The fourth-order valence-corrected chi connectivity index (χ4v) is 2.66. The van der Waals surface area contributed by atoms with Gasteiger partial charge in [0.15, 0.2) is 0 Å². The molecule has 0 aliphatic heterocycles. The van der Waals surface area contributed by atoms with Crippen LogP contribution in [0, 0.1) is 13.8 Å². The van der Waals surface area contributed by atoms with Crippen molar-refractivity contribution in [3.05, 3.63) is 71.2 Å². The van der Waals surface area contributed by atoms with Crippen molar-refractivity contribution in [1.29, 1.82) is 0 Å². The topological polar surface area (TPSA) is 103 Å². The van der Waals surface area contributed by atoms with Gasteiger partial charge in [-0.2, -0.15) is 5.10 Å². The zero-order valence-electron chi connectivity index (χ0n) is 14.6. The largest absolute Gasteiger partial charge is 0.364 e. The third kappa shape index (κ3) is 3.94. The first-order chi connectivity index (χ1) is 12.4. The molecule has 1 aromatic carbocycles. The normalized spacial score (nSPS) is 10.5.